The van der Waals surface area contributed by atoms with E-state index in [0.29, 0.717) is 11.8 Å². The highest BCUT2D eigenvalue weighted by Gasteiger charge is 2.44. The molecular weight excluding hydrogens is 408 g/mol. The molecule has 3 saturated heterocycles. The molecule has 33 heavy (non-hydrogen) atoms. The molecule has 1 saturated carbocycles. The molecule has 4 heterocycles. The molecule has 1 aliphatic carbocycles. The van der Waals surface area contributed by atoms with Gasteiger partial charge >= 0.3 is 5.97 Å². The average molecular weight is 447 g/mol. The maximum absolute atomic E-state index is 13.5. The van der Waals surface area contributed by atoms with E-state index in [1.54, 1.807) is 0 Å². The molecule has 176 valence electrons. The van der Waals surface area contributed by atoms with Gasteiger partial charge in [0.05, 0.1) is 17.5 Å². The monoisotopic (exact) mass is 446 g/mol. The number of aromatic nitrogens is 1. The van der Waals surface area contributed by atoms with Crippen LogP contribution in [0.25, 0.3) is 10.9 Å². The van der Waals surface area contributed by atoms with Crippen LogP contribution < -0.4 is 0 Å². The van der Waals surface area contributed by atoms with Crippen molar-refractivity contribution in [1.82, 2.24) is 9.88 Å². The molecule has 4 aliphatic rings. The lowest BCUT2D eigenvalue weighted by Gasteiger charge is -2.51. The average Bonchev–Trinajstić information content (AvgIpc) is 2.87. The second-order valence-electron chi connectivity index (χ2n) is 10.5. The lowest BCUT2D eigenvalue weighted by atomic mass is 9.73. The molecule has 2 aromatic rings. The van der Waals surface area contributed by atoms with Crippen molar-refractivity contribution in [3.63, 3.8) is 0 Å². The fourth-order valence-corrected chi connectivity index (χ4v) is 6.72. The van der Waals surface area contributed by atoms with Gasteiger partial charge < -0.3 is 4.74 Å². The Balaban J connectivity index is 1.41. The van der Waals surface area contributed by atoms with Crippen molar-refractivity contribution in [2.45, 2.75) is 70.4 Å². The highest BCUT2D eigenvalue weighted by Crippen LogP contribution is 2.44. The molecule has 2 bridgehead atoms. The van der Waals surface area contributed by atoms with Gasteiger partial charge in [-0.3, -0.25) is 14.7 Å². The quantitative estimate of drug-likeness (QED) is 0.369. The Bertz CT molecular complexity index is 975. The predicted molar refractivity (Wildman–Crippen MR) is 133 cm³/mol. The lowest BCUT2D eigenvalue weighted by Crippen LogP contribution is -2.55. The number of esters is 1. The Hall–Kier alpha value is -2.20. The number of rotatable bonds is 7. The summed E-state index contributed by atoms with van der Waals surface area (Å²) in [4.78, 5) is 20.6. The number of para-hydroxylation sites is 1. The Morgan fingerprint density at radius 2 is 2.03 bits per heavy atom. The van der Waals surface area contributed by atoms with E-state index in [1.807, 2.05) is 18.3 Å². The highest BCUT2D eigenvalue weighted by atomic mass is 16.5. The summed E-state index contributed by atoms with van der Waals surface area (Å²) in [6.07, 6.45) is 12.8. The molecule has 0 amide bonds. The van der Waals surface area contributed by atoms with Crippen molar-refractivity contribution < 1.29 is 9.53 Å². The van der Waals surface area contributed by atoms with Crippen molar-refractivity contribution >= 4 is 16.9 Å². The summed E-state index contributed by atoms with van der Waals surface area (Å²) >= 11 is 0. The summed E-state index contributed by atoms with van der Waals surface area (Å²) in [5.74, 6) is 2.03. The first-order valence-electron chi connectivity index (χ1n) is 13.1. The summed E-state index contributed by atoms with van der Waals surface area (Å²) in [6.45, 7) is 8.45. The molecule has 6 rings (SSSR count). The van der Waals surface area contributed by atoms with Gasteiger partial charge in [-0.15, -0.1) is 6.58 Å². The molecule has 0 N–H and O–H groups in total. The number of benzene rings is 1. The van der Waals surface area contributed by atoms with E-state index in [2.05, 4.69) is 47.7 Å². The first-order chi connectivity index (χ1) is 16.2. The molecule has 5 atom stereocenters. The Labute approximate surface area is 198 Å². The van der Waals surface area contributed by atoms with E-state index in [1.165, 1.54) is 19.3 Å². The smallest absolute Gasteiger partial charge is 0.309 e. The van der Waals surface area contributed by atoms with E-state index >= 15 is 0 Å². The summed E-state index contributed by atoms with van der Waals surface area (Å²) in [5.41, 5.74) is 2.08. The summed E-state index contributed by atoms with van der Waals surface area (Å²) in [7, 11) is 0. The van der Waals surface area contributed by atoms with E-state index in [4.69, 9.17) is 4.74 Å². The maximum atomic E-state index is 13.5. The van der Waals surface area contributed by atoms with Crippen LogP contribution in [-0.2, 0) is 9.53 Å². The fourth-order valence-electron chi connectivity index (χ4n) is 6.72. The first kappa shape index (κ1) is 22.6. The van der Waals surface area contributed by atoms with Crippen LogP contribution in [0.5, 0.6) is 0 Å². The number of hydrogen-bond donors (Lipinski definition) is 0. The van der Waals surface area contributed by atoms with Crippen LogP contribution in [0.15, 0.2) is 49.2 Å². The lowest BCUT2D eigenvalue weighted by molar-refractivity contribution is -0.163. The van der Waals surface area contributed by atoms with Gasteiger partial charge in [0.2, 0.25) is 0 Å². The van der Waals surface area contributed by atoms with Crippen molar-refractivity contribution in [3.05, 3.63) is 54.7 Å². The molecule has 1 unspecified atom stereocenters. The van der Waals surface area contributed by atoms with Crippen molar-refractivity contribution in [2.75, 3.05) is 13.1 Å². The minimum atomic E-state index is -0.243. The number of hydrogen-bond acceptors (Lipinski definition) is 4. The highest BCUT2D eigenvalue weighted by molar-refractivity contribution is 5.83. The van der Waals surface area contributed by atoms with Crippen LogP contribution in [0.2, 0.25) is 0 Å². The summed E-state index contributed by atoms with van der Waals surface area (Å²) in [5, 5.41) is 1.10. The molecule has 3 aliphatic heterocycles. The predicted octanol–water partition coefficient (Wildman–Crippen LogP) is 6.32. The van der Waals surface area contributed by atoms with Gasteiger partial charge in [-0.05, 0) is 75.0 Å². The third-order valence-electron chi connectivity index (χ3n) is 8.61. The molecule has 1 aromatic heterocycles. The van der Waals surface area contributed by atoms with Gasteiger partial charge in [0.1, 0.15) is 6.10 Å². The number of ether oxygens (including phenoxy) is 1. The number of fused-ring (bicyclic) bond motifs is 4. The molecule has 0 spiro atoms. The standard InChI is InChI=1S/C29H38N2O2/c1-3-7-20-10-12-22(13-11-20)29(32)33-28(25-14-16-30-26-9-6-5-8-24(25)26)27-18-23-15-17-31(27)19-21(23)4-2/h4-6,8-9,14,16,20-23,27-28H,2-3,7,10-13,15,17-19H2,1H3/t20?,21-,22?,23-,27-,28+/m0/s1. The SMILES string of the molecule is C=C[C@H]1CN2CC[C@H]1C[C@H]2[C@H](OC(=O)C1CCC(CCC)CC1)c1ccnc2ccccc12. The maximum Gasteiger partial charge on any atom is 0.309 e. The van der Waals surface area contributed by atoms with E-state index in [0.717, 1.165) is 67.6 Å². The van der Waals surface area contributed by atoms with Crippen LogP contribution in [0.1, 0.15) is 70.0 Å². The Kier molecular flexibility index (Phi) is 6.82. The normalized spacial score (nSPS) is 32.4. The topological polar surface area (TPSA) is 42.4 Å². The molecular formula is C29H38N2O2. The number of carbonyl (C=O) groups is 1. The molecule has 4 fully saturated rings. The van der Waals surface area contributed by atoms with Crippen molar-refractivity contribution in [1.29, 1.82) is 0 Å². The second kappa shape index (κ2) is 9.97. The van der Waals surface area contributed by atoms with E-state index in [9.17, 15) is 4.79 Å². The van der Waals surface area contributed by atoms with Gasteiger partial charge in [-0.2, -0.15) is 0 Å². The van der Waals surface area contributed by atoms with Gasteiger partial charge in [-0.25, -0.2) is 0 Å². The van der Waals surface area contributed by atoms with Crippen LogP contribution in [0.3, 0.4) is 0 Å². The second-order valence-corrected chi connectivity index (χ2v) is 10.5. The van der Waals surface area contributed by atoms with Crippen LogP contribution in [0, 0.1) is 23.7 Å². The van der Waals surface area contributed by atoms with Crippen molar-refractivity contribution in [2.24, 2.45) is 23.7 Å². The minimum Gasteiger partial charge on any atom is -0.456 e. The van der Waals surface area contributed by atoms with E-state index in [-0.39, 0.29) is 24.0 Å². The summed E-state index contributed by atoms with van der Waals surface area (Å²) < 4.78 is 6.51. The van der Waals surface area contributed by atoms with Gasteiger partial charge in [0, 0.05) is 23.7 Å². The minimum absolute atomic E-state index is 0.0127. The number of carbonyl (C=O) groups excluding carboxylic acids is 1. The largest absolute Gasteiger partial charge is 0.456 e. The number of pyridine rings is 1. The summed E-state index contributed by atoms with van der Waals surface area (Å²) in [6, 6.07) is 10.6. The van der Waals surface area contributed by atoms with Crippen molar-refractivity contribution in [3.8, 4) is 0 Å². The zero-order chi connectivity index (χ0) is 22.8. The van der Waals surface area contributed by atoms with Crippen LogP contribution in [-0.4, -0.2) is 35.0 Å². The van der Waals surface area contributed by atoms with E-state index < -0.39 is 0 Å². The zero-order valence-corrected chi connectivity index (χ0v) is 20.0. The number of nitrogens with zero attached hydrogens (tertiary/aromatic N) is 2. The molecule has 4 nitrogen and oxygen atoms in total. The molecule has 0 radical (unpaired) electrons. The third-order valence-corrected chi connectivity index (χ3v) is 8.61. The molecule has 1 aromatic carbocycles. The number of piperidine rings is 3. The fraction of sp³-hybridized carbons (Fsp3) is 0.586. The Morgan fingerprint density at radius 1 is 1.21 bits per heavy atom. The first-order valence-corrected chi connectivity index (χ1v) is 13.1. The zero-order valence-electron chi connectivity index (χ0n) is 20.0. The molecule has 4 heteroatoms. The Morgan fingerprint density at radius 3 is 2.76 bits per heavy atom. The van der Waals surface area contributed by atoms with Gasteiger partial charge in [0.25, 0.3) is 0 Å². The third kappa shape index (κ3) is 4.59. The van der Waals surface area contributed by atoms with Gasteiger partial charge in [0.15, 0.2) is 0 Å². The van der Waals surface area contributed by atoms with Crippen LogP contribution >= 0.6 is 0 Å². The van der Waals surface area contributed by atoms with Gasteiger partial charge in [-0.1, -0.05) is 44.0 Å². The van der Waals surface area contributed by atoms with Crippen LogP contribution in [0.4, 0.5) is 0 Å².